The molecule has 1 fully saturated rings. The Labute approximate surface area is 159 Å². The smallest absolute Gasteiger partial charge is 0.275 e. The predicted octanol–water partition coefficient (Wildman–Crippen LogP) is 1.66. The normalized spacial score (nSPS) is 17.1. The molecule has 0 aromatic carbocycles. The lowest BCUT2D eigenvalue weighted by Gasteiger charge is -2.23. The summed E-state index contributed by atoms with van der Waals surface area (Å²) in [5.41, 5.74) is 3.61. The van der Waals surface area contributed by atoms with Crippen LogP contribution in [0.15, 0.2) is 35.5 Å². The van der Waals surface area contributed by atoms with Crippen LogP contribution >= 0.6 is 0 Å². The number of aromatic nitrogens is 6. The molecule has 9 nitrogen and oxygen atoms in total. The maximum absolute atomic E-state index is 13.2. The monoisotopic (exact) mass is 377 g/mol. The summed E-state index contributed by atoms with van der Waals surface area (Å²) in [5.74, 6) is -0.109. The first-order valence-electron chi connectivity index (χ1n) is 9.23. The Morgan fingerprint density at radius 2 is 2.18 bits per heavy atom. The molecule has 5 heterocycles. The summed E-state index contributed by atoms with van der Waals surface area (Å²) < 4.78 is 3.05. The van der Waals surface area contributed by atoms with E-state index in [1.54, 1.807) is 36.1 Å². The zero-order valence-corrected chi connectivity index (χ0v) is 15.6. The van der Waals surface area contributed by atoms with Crippen LogP contribution in [0, 0.1) is 13.8 Å². The predicted molar refractivity (Wildman–Crippen MR) is 101 cm³/mol. The fraction of sp³-hybridized carbons (Fsp3) is 0.316. The molecule has 28 heavy (non-hydrogen) atoms. The Hall–Kier alpha value is -3.49. The molecule has 0 spiro atoms. The van der Waals surface area contributed by atoms with Crippen LogP contribution in [0.5, 0.6) is 0 Å². The number of nitrogens with one attached hydrogen (secondary N) is 1. The number of aromatic amines is 1. The third-order valence-corrected chi connectivity index (χ3v) is 5.49. The number of H-pyrrole nitrogens is 1. The highest BCUT2D eigenvalue weighted by Crippen LogP contribution is 2.33. The minimum Gasteiger partial charge on any atom is -0.330 e. The summed E-state index contributed by atoms with van der Waals surface area (Å²) in [6.45, 7) is 4.23. The number of rotatable bonds is 2. The van der Waals surface area contributed by atoms with Gasteiger partial charge in [0.2, 0.25) is 0 Å². The van der Waals surface area contributed by atoms with E-state index in [4.69, 9.17) is 0 Å². The first kappa shape index (κ1) is 16.7. The number of fused-ring (bicyclic) bond motifs is 2. The van der Waals surface area contributed by atoms with Crippen LogP contribution in [-0.4, -0.2) is 46.5 Å². The Balaban J connectivity index is 1.55. The quantitative estimate of drug-likeness (QED) is 0.573. The number of carbonyl (C=O) groups excluding carboxylic acids is 1. The van der Waals surface area contributed by atoms with Crippen molar-refractivity contribution >= 4 is 17.2 Å². The van der Waals surface area contributed by atoms with Gasteiger partial charge in [-0.25, -0.2) is 19.0 Å². The fourth-order valence-corrected chi connectivity index (χ4v) is 3.87. The summed E-state index contributed by atoms with van der Waals surface area (Å²) in [5, 5.41) is 7.37. The summed E-state index contributed by atoms with van der Waals surface area (Å²) in [6, 6.07) is 3.48. The number of hydrogen-bond donors (Lipinski definition) is 1. The van der Waals surface area contributed by atoms with E-state index in [-0.39, 0.29) is 17.5 Å². The van der Waals surface area contributed by atoms with E-state index in [2.05, 4.69) is 20.2 Å². The van der Waals surface area contributed by atoms with Gasteiger partial charge < -0.3 is 4.90 Å². The van der Waals surface area contributed by atoms with Gasteiger partial charge in [-0.15, -0.1) is 0 Å². The fourth-order valence-electron chi connectivity index (χ4n) is 3.87. The summed E-state index contributed by atoms with van der Waals surface area (Å²) in [4.78, 5) is 36.3. The van der Waals surface area contributed by atoms with E-state index in [0.717, 1.165) is 18.5 Å². The van der Waals surface area contributed by atoms with Crippen LogP contribution in [0.1, 0.15) is 46.2 Å². The van der Waals surface area contributed by atoms with E-state index in [9.17, 15) is 9.59 Å². The molecular formula is C19H19N7O2. The zero-order chi connectivity index (χ0) is 19.4. The van der Waals surface area contributed by atoms with Crippen molar-refractivity contribution < 1.29 is 4.79 Å². The van der Waals surface area contributed by atoms with E-state index >= 15 is 0 Å². The van der Waals surface area contributed by atoms with Gasteiger partial charge in [-0.1, -0.05) is 0 Å². The lowest BCUT2D eigenvalue weighted by atomic mass is 10.1. The minimum absolute atomic E-state index is 0.109. The van der Waals surface area contributed by atoms with Crippen molar-refractivity contribution in [2.75, 3.05) is 6.54 Å². The molecule has 9 heteroatoms. The number of hydrogen-bond acceptors (Lipinski definition) is 5. The maximum atomic E-state index is 13.2. The molecule has 1 saturated heterocycles. The molecule has 1 N–H and O–H groups in total. The van der Waals surface area contributed by atoms with Gasteiger partial charge in [-0.05, 0) is 32.8 Å². The number of aryl methyl sites for hydroxylation is 1. The number of likely N-dealkylation sites (tertiary alicyclic amines) is 1. The van der Waals surface area contributed by atoms with Crippen molar-refractivity contribution in [3.63, 3.8) is 0 Å². The van der Waals surface area contributed by atoms with E-state index in [1.165, 1.54) is 4.52 Å². The van der Waals surface area contributed by atoms with Gasteiger partial charge in [0.1, 0.15) is 5.56 Å². The second-order valence-corrected chi connectivity index (χ2v) is 7.14. The van der Waals surface area contributed by atoms with Crippen LogP contribution in [0.4, 0.5) is 0 Å². The molecule has 0 bridgehead atoms. The van der Waals surface area contributed by atoms with Gasteiger partial charge in [0.15, 0.2) is 11.3 Å². The number of nitrogens with zero attached hydrogens (tertiary/aromatic N) is 6. The summed E-state index contributed by atoms with van der Waals surface area (Å²) in [6.07, 6.45) is 6.68. The Kier molecular flexibility index (Phi) is 3.58. The highest BCUT2D eigenvalue weighted by atomic mass is 16.2. The molecule has 1 aliphatic rings. The van der Waals surface area contributed by atoms with E-state index in [1.807, 2.05) is 17.9 Å². The molecule has 1 atom stereocenters. The maximum Gasteiger partial charge on any atom is 0.275 e. The van der Waals surface area contributed by atoms with Crippen LogP contribution in [-0.2, 0) is 0 Å². The van der Waals surface area contributed by atoms with Gasteiger partial charge in [0, 0.05) is 36.3 Å². The van der Waals surface area contributed by atoms with Crippen LogP contribution in [0.25, 0.3) is 11.3 Å². The highest BCUT2D eigenvalue weighted by Gasteiger charge is 2.33. The second-order valence-electron chi connectivity index (χ2n) is 7.14. The molecule has 1 amide bonds. The first-order chi connectivity index (χ1) is 13.5. The lowest BCUT2D eigenvalue weighted by molar-refractivity contribution is 0.0734. The molecule has 142 valence electrons. The van der Waals surface area contributed by atoms with Crippen molar-refractivity contribution in [2.24, 2.45) is 0 Å². The molecule has 0 unspecified atom stereocenters. The largest absolute Gasteiger partial charge is 0.330 e. The van der Waals surface area contributed by atoms with Crippen LogP contribution in [0.3, 0.4) is 0 Å². The molecular weight excluding hydrogens is 358 g/mol. The zero-order valence-electron chi connectivity index (χ0n) is 15.6. The van der Waals surface area contributed by atoms with Crippen molar-refractivity contribution in [1.29, 1.82) is 0 Å². The van der Waals surface area contributed by atoms with Crippen molar-refractivity contribution in [3.8, 4) is 0 Å². The topological polar surface area (TPSA) is 101 Å². The molecule has 0 aliphatic carbocycles. The summed E-state index contributed by atoms with van der Waals surface area (Å²) in [7, 11) is 0. The number of amides is 1. The van der Waals surface area contributed by atoms with Gasteiger partial charge in [0.25, 0.3) is 11.5 Å². The third-order valence-electron chi connectivity index (χ3n) is 5.49. The minimum atomic E-state index is -0.145. The average Bonchev–Trinajstić information content (AvgIpc) is 3.42. The van der Waals surface area contributed by atoms with Crippen molar-refractivity contribution in [3.05, 3.63) is 63.6 Å². The average molecular weight is 377 g/mol. The second kappa shape index (κ2) is 6.01. The van der Waals surface area contributed by atoms with Gasteiger partial charge in [-0.2, -0.15) is 5.10 Å². The van der Waals surface area contributed by atoms with Gasteiger partial charge in [-0.3, -0.25) is 14.7 Å². The molecule has 0 radical (unpaired) electrons. The van der Waals surface area contributed by atoms with Gasteiger partial charge >= 0.3 is 0 Å². The number of carbonyl (C=O) groups is 1. The Morgan fingerprint density at radius 3 is 3.04 bits per heavy atom. The van der Waals surface area contributed by atoms with Crippen molar-refractivity contribution in [2.45, 2.75) is 32.7 Å². The standard InChI is InChI=1S/C19H19N7O2/c1-11-12(2)22-16-9-14(23-26(16)18(11)27)15-5-3-7-24(15)19(28)13-10-21-25-8-4-6-20-17(13)25/h4,6,8-10,15,23H,3,5,7H2,1-2H3/t15-/m0/s1. The van der Waals surface area contributed by atoms with E-state index in [0.29, 0.717) is 34.7 Å². The highest BCUT2D eigenvalue weighted by molar-refractivity contribution is 6.00. The molecule has 4 aromatic heterocycles. The molecule has 0 saturated carbocycles. The molecule has 1 aliphatic heterocycles. The van der Waals surface area contributed by atoms with Gasteiger partial charge in [0.05, 0.1) is 17.9 Å². The SMILES string of the molecule is Cc1nc2cc([C@@H]3CCCN3C(=O)c3cnn4cccnc34)[nH]n2c(=O)c1C. The van der Waals surface area contributed by atoms with Crippen molar-refractivity contribution in [1.82, 2.24) is 34.1 Å². The summed E-state index contributed by atoms with van der Waals surface area (Å²) >= 11 is 0. The van der Waals surface area contributed by atoms with Crippen LogP contribution in [0.2, 0.25) is 0 Å². The van der Waals surface area contributed by atoms with Crippen LogP contribution < -0.4 is 5.56 Å². The Bertz CT molecular complexity index is 1280. The third kappa shape index (κ3) is 2.35. The Morgan fingerprint density at radius 1 is 1.32 bits per heavy atom. The first-order valence-corrected chi connectivity index (χ1v) is 9.23. The lowest BCUT2D eigenvalue weighted by Crippen LogP contribution is -2.31. The molecule has 4 aromatic rings. The molecule has 5 rings (SSSR count). The van der Waals surface area contributed by atoms with E-state index < -0.39 is 0 Å².